The van der Waals surface area contributed by atoms with E-state index in [0.29, 0.717) is 23.4 Å². The van der Waals surface area contributed by atoms with E-state index in [1.807, 2.05) is 38.1 Å². The van der Waals surface area contributed by atoms with Crippen LogP contribution >= 0.6 is 0 Å². The van der Waals surface area contributed by atoms with Crippen molar-refractivity contribution in [3.05, 3.63) is 59.9 Å². The van der Waals surface area contributed by atoms with Crippen LogP contribution in [-0.4, -0.2) is 25.0 Å². The molecule has 3 N–H and O–H groups in total. The van der Waals surface area contributed by atoms with E-state index in [1.54, 1.807) is 31.4 Å². The van der Waals surface area contributed by atoms with Crippen LogP contribution < -0.4 is 20.9 Å². The van der Waals surface area contributed by atoms with Crippen LogP contribution in [0.1, 0.15) is 29.5 Å². The Morgan fingerprint density at radius 3 is 2.46 bits per heavy atom. The first-order valence-electron chi connectivity index (χ1n) is 9.02. The van der Waals surface area contributed by atoms with Gasteiger partial charge in [-0.05, 0) is 43.7 Å². The Morgan fingerprint density at radius 2 is 1.82 bits per heavy atom. The average Bonchev–Trinajstić information content (AvgIpc) is 3.06. The zero-order valence-electron chi connectivity index (χ0n) is 16.0. The fourth-order valence-corrected chi connectivity index (χ4v) is 2.86. The van der Waals surface area contributed by atoms with Gasteiger partial charge in [-0.1, -0.05) is 25.1 Å². The van der Waals surface area contributed by atoms with Crippen molar-refractivity contribution in [2.75, 3.05) is 12.4 Å². The van der Waals surface area contributed by atoms with E-state index in [2.05, 4.69) is 16.2 Å². The molecule has 7 heteroatoms. The SMILES string of the molecule is CCC(NNC(=O)c1oc2ccccc2c1C)C(=O)Nc1ccc(OC)cc1. The molecule has 2 aromatic carbocycles. The molecule has 0 radical (unpaired) electrons. The third-order valence-corrected chi connectivity index (χ3v) is 4.49. The van der Waals surface area contributed by atoms with Crippen molar-refractivity contribution in [2.24, 2.45) is 0 Å². The van der Waals surface area contributed by atoms with Crippen LogP contribution in [0.2, 0.25) is 0 Å². The number of aryl methyl sites for hydroxylation is 1. The van der Waals surface area contributed by atoms with Gasteiger partial charge in [0.05, 0.1) is 7.11 Å². The Balaban J connectivity index is 1.62. The van der Waals surface area contributed by atoms with Crippen molar-refractivity contribution < 1.29 is 18.7 Å². The van der Waals surface area contributed by atoms with Gasteiger partial charge in [0.2, 0.25) is 5.91 Å². The number of benzene rings is 2. The molecule has 0 fully saturated rings. The number of methoxy groups -OCH3 is 1. The molecular formula is C21H23N3O4. The molecule has 0 saturated heterocycles. The maximum Gasteiger partial charge on any atom is 0.301 e. The lowest BCUT2D eigenvalue weighted by Crippen LogP contribution is -2.49. The first-order chi connectivity index (χ1) is 13.5. The van der Waals surface area contributed by atoms with Crippen LogP contribution in [-0.2, 0) is 4.79 Å². The summed E-state index contributed by atoms with van der Waals surface area (Å²) in [5.74, 6) is 0.245. The molecule has 7 nitrogen and oxygen atoms in total. The minimum atomic E-state index is -0.601. The Morgan fingerprint density at radius 1 is 1.11 bits per heavy atom. The van der Waals surface area contributed by atoms with Crippen molar-refractivity contribution in [3.63, 3.8) is 0 Å². The highest BCUT2D eigenvalue weighted by Gasteiger charge is 2.21. The second-order valence-corrected chi connectivity index (χ2v) is 6.33. The largest absolute Gasteiger partial charge is 0.497 e. The zero-order chi connectivity index (χ0) is 20.1. The third kappa shape index (κ3) is 4.15. The van der Waals surface area contributed by atoms with Gasteiger partial charge in [0.1, 0.15) is 17.4 Å². The number of para-hydroxylation sites is 1. The molecule has 1 aromatic heterocycles. The molecule has 3 rings (SSSR count). The number of hydrogen-bond donors (Lipinski definition) is 3. The molecular weight excluding hydrogens is 358 g/mol. The van der Waals surface area contributed by atoms with E-state index < -0.39 is 11.9 Å². The summed E-state index contributed by atoms with van der Waals surface area (Å²) in [6.07, 6.45) is 0.487. The number of hydrazine groups is 1. The fraction of sp³-hybridized carbons (Fsp3) is 0.238. The van der Waals surface area contributed by atoms with Crippen molar-refractivity contribution in [3.8, 4) is 5.75 Å². The maximum absolute atomic E-state index is 12.5. The molecule has 1 unspecified atom stereocenters. The Hall–Kier alpha value is -3.32. The van der Waals surface area contributed by atoms with Crippen LogP contribution in [0.4, 0.5) is 5.69 Å². The number of rotatable bonds is 7. The van der Waals surface area contributed by atoms with Crippen LogP contribution in [0.5, 0.6) is 5.75 Å². The molecule has 146 valence electrons. The number of furan rings is 1. The summed E-state index contributed by atoms with van der Waals surface area (Å²) in [5, 5.41) is 3.69. The number of carbonyl (C=O) groups is 2. The monoisotopic (exact) mass is 381 g/mol. The summed E-state index contributed by atoms with van der Waals surface area (Å²) in [7, 11) is 1.58. The lowest BCUT2D eigenvalue weighted by atomic mass is 10.1. The van der Waals surface area contributed by atoms with E-state index in [0.717, 1.165) is 10.9 Å². The maximum atomic E-state index is 12.5. The van der Waals surface area contributed by atoms with Crippen molar-refractivity contribution in [2.45, 2.75) is 26.3 Å². The highest BCUT2D eigenvalue weighted by molar-refractivity contribution is 5.99. The van der Waals surface area contributed by atoms with E-state index in [9.17, 15) is 9.59 Å². The van der Waals surface area contributed by atoms with E-state index in [1.165, 1.54) is 0 Å². The smallest absolute Gasteiger partial charge is 0.301 e. The summed E-state index contributed by atoms with van der Waals surface area (Å²) in [6, 6.07) is 13.9. The Kier molecular flexibility index (Phi) is 5.96. The van der Waals surface area contributed by atoms with E-state index in [-0.39, 0.29) is 11.7 Å². The third-order valence-electron chi connectivity index (χ3n) is 4.49. The molecule has 0 aliphatic rings. The molecule has 28 heavy (non-hydrogen) atoms. The molecule has 0 spiro atoms. The first kappa shape index (κ1) is 19.4. The summed E-state index contributed by atoms with van der Waals surface area (Å²) in [5.41, 5.74) is 7.41. The number of fused-ring (bicyclic) bond motifs is 1. The highest BCUT2D eigenvalue weighted by atomic mass is 16.5. The fourth-order valence-electron chi connectivity index (χ4n) is 2.86. The van der Waals surface area contributed by atoms with E-state index >= 15 is 0 Å². The molecule has 2 amide bonds. The average molecular weight is 381 g/mol. The Bertz CT molecular complexity index is 979. The van der Waals surface area contributed by atoms with Crippen LogP contribution in [0.15, 0.2) is 52.9 Å². The van der Waals surface area contributed by atoms with Gasteiger partial charge in [-0.2, -0.15) is 0 Å². The standard InChI is InChI=1S/C21H23N3O4/c1-4-17(20(25)22-14-9-11-15(27-3)12-10-14)23-24-21(26)19-13(2)16-7-5-6-8-18(16)28-19/h5-12,17,23H,4H2,1-3H3,(H,22,25)(H,24,26). The van der Waals surface area contributed by atoms with Crippen molar-refractivity contribution in [1.82, 2.24) is 10.9 Å². The summed E-state index contributed by atoms with van der Waals surface area (Å²) in [6.45, 7) is 3.68. The lowest BCUT2D eigenvalue weighted by Gasteiger charge is -2.17. The topological polar surface area (TPSA) is 92.6 Å². The molecule has 0 aliphatic heterocycles. The quantitative estimate of drug-likeness (QED) is 0.546. The van der Waals surface area contributed by atoms with Gasteiger partial charge < -0.3 is 14.5 Å². The normalized spacial score (nSPS) is 11.8. The molecule has 1 atom stereocenters. The number of hydrogen-bond acceptors (Lipinski definition) is 5. The van der Waals surface area contributed by atoms with Crippen LogP contribution in [0.3, 0.4) is 0 Å². The highest BCUT2D eigenvalue weighted by Crippen LogP contribution is 2.24. The van der Waals surface area contributed by atoms with Gasteiger partial charge in [-0.25, -0.2) is 5.43 Å². The number of carbonyl (C=O) groups excluding carboxylic acids is 2. The van der Waals surface area contributed by atoms with Gasteiger partial charge >= 0.3 is 5.91 Å². The molecule has 1 heterocycles. The molecule has 0 aliphatic carbocycles. The molecule has 0 bridgehead atoms. The number of nitrogens with one attached hydrogen (secondary N) is 3. The number of anilines is 1. The van der Waals surface area contributed by atoms with Crippen molar-refractivity contribution >= 4 is 28.5 Å². The predicted molar refractivity (Wildman–Crippen MR) is 107 cm³/mol. The van der Waals surface area contributed by atoms with Crippen LogP contribution in [0.25, 0.3) is 11.0 Å². The lowest BCUT2D eigenvalue weighted by molar-refractivity contribution is -0.118. The number of amides is 2. The summed E-state index contributed by atoms with van der Waals surface area (Å²) < 4.78 is 10.7. The zero-order valence-corrected chi connectivity index (χ0v) is 16.0. The van der Waals surface area contributed by atoms with Gasteiger partial charge in [-0.3, -0.25) is 15.0 Å². The minimum absolute atomic E-state index is 0.221. The summed E-state index contributed by atoms with van der Waals surface area (Å²) >= 11 is 0. The Labute approximate surface area is 163 Å². The predicted octanol–water partition coefficient (Wildman–Crippen LogP) is 3.40. The van der Waals surface area contributed by atoms with E-state index in [4.69, 9.17) is 9.15 Å². The summed E-state index contributed by atoms with van der Waals surface area (Å²) in [4.78, 5) is 25.0. The molecule has 3 aromatic rings. The molecule has 0 saturated carbocycles. The van der Waals surface area contributed by atoms with Gasteiger partial charge in [0.25, 0.3) is 0 Å². The second kappa shape index (κ2) is 8.58. The first-order valence-corrected chi connectivity index (χ1v) is 9.02. The second-order valence-electron chi connectivity index (χ2n) is 6.33. The van der Waals surface area contributed by atoms with Gasteiger partial charge in [0, 0.05) is 16.6 Å². The number of ether oxygens (including phenoxy) is 1. The van der Waals surface area contributed by atoms with Crippen molar-refractivity contribution in [1.29, 1.82) is 0 Å². The van der Waals surface area contributed by atoms with Gasteiger partial charge in [0.15, 0.2) is 5.76 Å². The minimum Gasteiger partial charge on any atom is -0.497 e. The van der Waals surface area contributed by atoms with Crippen LogP contribution in [0, 0.1) is 6.92 Å². The van der Waals surface area contributed by atoms with Gasteiger partial charge in [-0.15, -0.1) is 0 Å².